The lowest BCUT2D eigenvalue weighted by Gasteiger charge is -2.22. The average Bonchev–Trinajstić information content (AvgIpc) is 3.17. The Bertz CT molecular complexity index is 581. The van der Waals surface area contributed by atoms with E-state index in [2.05, 4.69) is 15.1 Å². The number of hydrogen-bond acceptors (Lipinski definition) is 5. The fourth-order valence-corrected chi connectivity index (χ4v) is 2.43. The van der Waals surface area contributed by atoms with Gasteiger partial charge in [0.25, 0.3) is 5.91 Å². The fourth-order valence-electron chi connectivity index (χ4n) is 2.43. The van der Waals surface area contributed by atoms with E-state index in [1.165, 1.54) is 17.2 Å². The van der Waals surface area contributed by atoms with Crippen LogP contribution in [-0.2, 0) is 0 Å². The van der Waals surface area contributed by atoms with Gasteiger partial charge < -0.3 is 10.0 Å². The van der Waals surface area contributed by atoms with Gasteiger partial charge in [0.05, 0.1) is 18.2 Å². The van der Waals surface area contributed by atoms with E-state index < -0.39 is 0 Å². The molecule has 0 aliphatic carbocycles. The van der Waals surface area contributed by atoms with Crippen molar-refractivity contribution in [3.8, 4) is 5.82 Å². The summed E-state index contributed by atoms with van der Waals surface area (Å²) in [5.74, 6) is 0.526. The van der Waals surface area contributed by atoms with Gasteiger partial charge in [-0.15, -0.1) is 0 Å². The van der Waals surface area contributed by atoms with Crippen LogP contribution >= 0.6 is 0 Å². The van der Waals surface area contributed by atoms with Gasteiger partial charge in [-0.25, -0.2) is 14.6 Å². The number of nitrogens with zero attached hydrogens (tertiary/aromatic N) is 5. The monoisotopic (exact) mass is 273 g/mol. The number of pyridine rings is 1. The number of hydrogen-bond donors (Lipinski definition) is 1. The molecule has 0 radical (unpaired) electrons. The minimum Gasteiger partial charge on any atom is -0.394 e. The van der Waals surface area contributed by atoms with Crippen molar-refractivity contribution in [2.75, 3.05) is 13.2 Å². The molecular formula is C13H15N5O2. The highest BCUT2D eigenvalue weighted by molar-refractivity contribution is 5.94. The van der Waals surface area contributed by atoms with Crippen molar-refractivity contribution in [1.82, 2.24) is 24.6 Å². The topological polar surface area (TPSA) is 84.1 Å². The van der Waals surface area contributed by atoms with Crippen LogP contribution in [0.25, 0.3) is 5.82 Å². The lowest BCUT2D eigenvalue weighted by molar-refractivity contribution is 0.0677. The Balaban J connectivity index is 1.79. The van der Waals surface area contributed by atoms with E-state index in [0.29, 0.717) is 17.9 Å². The molecule has 7 heteroatoms. The zero-order valence-corrected chi connectivity index (χ0v) is 10.9. The third-order valence-corrected chi connectivity index (χ3v) is 3.50. The smallest absolute Gasteiger partial charge is 0.255 e. The zero-order chi connectivity index (χ0) is 13.9. The fraction of sp³-hybridized carbons (Fsp3) is 0.385. The van der Waals surface area contributed by atoms with Gasteiger partial charge in [0.15, 0.2) is 5.82 Å². The molecule has 2 aromatic heterocycles. The molecule has 3 rings (SSSR count). The van der Waals surface area contributed by atoms with Gasteiger partial charge in [-0.1, -0.05) is 0 Å². The Morgan fingerprint density at radius 1 is 1.45 bits per heavy atom. The first-order valence-corrected chi connectivity index (χ1v) is 6.52. The number of amides is 1. The molecule has 20 heavy (non-hydrogen) atoms. The molecule has 7 nitrogen and oxygen atoms in total. The molecule has 1 aliphatic heterocycles. The van der Waals surface area contributed by atoms with Gasteiger partial charge in [-0.3, -0.25) is 4.79 Å². The summed E-state index contributed by atoms with van der Waals surface area (Å²) < 4.78 is 1.53. The molecule has 0 spiro atoms. The summed E-state index contributed by atoms with van der Waals surface area (Å²) in [5, 5.41) is 13.3. The maximum atomic E-state index is 12.4. The first-order valence-electron chi connectivity index (χ1n) is 6.52. The largest absolute Gasteiger partial charge is 0.394 e. The molecule has 1 aliphatic rings. The van der Waals surface area contributed by atoms with Crippen molar-refractivity contribution in [2.45, 2.75) is 18.9 Å². The molecule has 0 saturated carbocycles. The third kappa shape index (κ3) is 2.27. The molecule has 2 aromatic rings. The van der Waals surface area contributed by atoms with Crippen LogP contribution in [0.15, 0.2) is 31.0 Å². The maximum Gasteiger partial charge on any atom is 0.255 e. The molecule has 1 fully saturated rings. The molecule has 1 atom stereocenters. The Kier molecular flexibility index (Phi) is 3.42. The standard InChI is InChI=1S/C13H15N5O2/c19-7-11-2-1-5-17(11)13(20)10-3-4-12(15-6-10)18-9-14-8-16-18/h3-4,6,8-9,11,19H,1-2,5,7H2/t11-/m1/s1. The minimum absolute atomic E-state index is 0.0101. The minimum atomic E-state index is -0.0841. The van der Waals surface area contributed by atoms with Crippen LogP contribution in [0.2, 0.25) is 0 Å². The number of aliphatic hydroxyl groups is 1. The Morgan fingerprint density at radius 3 is 3.00 bits per heavy atom. The van der Waals surface area contributed by atoms with Crippen LogP contribution in [0.5, 0.6) is 0 Å². The van der Waals surface area contributed by atoms with Crippen molar-refractivity contribution in [3.05, 3.63) is 36.5 Å². The van der Waals surface area contributed by atoms with E-state index in [0.717, 1.165) is 12.8 Å². The number of aromatic nitrogens is 4. The highest BCUT2D eigenvalue weighted by atomic mass is 16.3. The third-order valence-electron chi connectivity index (χ3n) is 3.50. The van der Waals surface area contributed by atoms with Crippen molar-refractivity contribution in [3.63, 3.8) is 0 Å². The van der Waals surface area contributed by atoms with Gasteiger partial charge in [0.1, 0.15) is 12.7 Å². The van der Waals surface area contributed by atoms with Gasteiger partial charge in [0.2, 0.25) is 0 Å². The quantitative estimate of drug-likeness (QED) is 0.867. The normalized spacial score (nSPS) is 18.4. The van der Waals surface area contributed by atoms with E-state index in [1.807, 2.05) is 0 Å². The van der Waals surface area contributed by atoms with Gasteiger partial charge >= 0.3 is 0 Å². The van der Waals surface area contributed by atoms with E-state index in [4.69, 9.17) is 0 Å². The van der Waals surface area contributed by atoms with Gasteiger partial charge in [-0.05, 0) is 25.0 Å². The number of aliphatic hydroxyl groups excluding tert-OH is 1. The van der Waals surface area contributed by atoms with Crippen LogP contribution < -0.4 is 0 Å². The molecule has 1 saturated heterocycles. The summed E-state index contributed by atoms with van der Waals surface area (Å²) in [4.78, 5) is 22.1. The lowest BCUT2D eigenvalue weighted by atomic mass is 10.2. The lowest BCUT2D eigenvalue weighted by Crippen LogP contribution is -2.37. The van der Waals surface area contributed by atoms with Crippen molar-refractivity contribution in [2.24, 2.45) is 0 Å². The number of likely N-dealkylation sites (tertiary alicyclic amines) is 1. The Morgan fingerprint density at radius 2 is 2.35 bits per heavy atom. The van der Waals surface area contributed by atoms with Crippen molar-refractivity contribution >= 4 is 5.91 Å². The van der Waals surface area contributed by atoms with Crippen molar-refractivity contribution in [1.29, 1.82) is 0 Å². The second-order valence-electron chi connectivity index (χ2n) is 4.72. The molecular weight excluding hydrogens is 258 g/mol. The predicted octanol–water partition coefficient (Wildman–Crippen LogP) is 0.259. The van der Waals surface area contributed by atoms with Crippen LogP contribution in [0.4, 0.5) is 0 Å². The second kappa shape index (κ2) is 5.38. The molecule has 1 N–H and O–H groups in total. The van der Waals surface area contributed by atoms with E-state index in [1.54, 1.807) is 23.4 Å². The summed E-state index contributed by atoms with van der Waals surface area (Å²) in [6, 6.07) is 3.38. The summed E-state index contributed by atoms with van der Waals surface area (Å²) >= 11 is 0. The Hall–Kier alpha value is -2.28. The van der Waals surface area contributed by atoms with Crippen LogP contribution in [-0.4, -0.2) is 54.9 Å². The highest BCUT2D eigenvalue weighted by Gasteiger charge is 2.28. The molecule has 3 heterocycles. The van der Waals surface area contributed by atoms with Crippen molar-refractivity contribution < 1.29 is 9.90 Å². The predicted molar refractivity (Wildman–Crippen MR) is 70.3 cm³/mol. The molecule has 104 valence electrons. The average molecular weight is 273 g/mol. The van der Waals surface area contributed by atoms with E-state index in [9.17, 15) is 9.90 Å². The molecule has 0 bridgehead atoms. The highest BCUT2D eigenvalue weighted by Crippen LogP contribution is 2.19. The van der Waals surface area contributed by atoms with Crippen LogP contribution in [0, 0.1) is 0 Å². The van der Waals surface area contributed by atoms with E-state index >= 15 is 0 Å². The van der Waals surface area contributed by atoms with Crippen LogP contribution in [0.1, 0.15) is 23.2 Å². The summed E-state index contributed by atoms with van der Waals surface area (Å²) in [7, 11) is 0. The summed E-state index contributed by atoms with van der Waals surface area (Å²) in [6.07, 6.45) is 6.29. The molecule has 0 aromatic carbocycles. The van der Waals surface area contributed by atoms with Gasteiger partial charge in [-0.2, -0.15) is 5.10 Å². The second-order valence-corrected chi connectivity index (χ2v) is 4.72. The molecule has 1 amide bonds. The van der Waals surface area contributed by atoms with Crippen LogP contribution in [0.3, 0.4) is 0 Å². The maximum absolute atomic E-state index is 12.4. The number of rotatable bonds is 3. The first-order chi connectivity index (χ1) is 9.79. The first kappa shape index (κ1) is 12.7. The summed E-state index contributed by atoms with van der Waals surface area (Å²) in [5.41, 5.74) is 0.522. The zero-order valence-electron chi connectivity index (χ0n) is 10.9. The SMILES string of the molecule is O=C(c1ccc(-n2cncn2)nc1)N1CCC[C@@H]1CO. The van der Waals surface area contributed by atoms with E-state index in [-0.39, 0.29) is 18.6 Å². The van der Waals surface area contributed by atoms with Gasteiger partial charge in [0, 0.05) is 12.7 Å². The molecule has 0 unspecified atom stereocenters. The summed E-state index contributed by atoms with van der Waals surface area (Å²) in [6.45, 7) is 0.700. The number of carbonyl (C=O) groups is 1. The Labute approximate surface area is 115 Å². The number of carbonyl (C=O) groups excluding carboxylic acids is 1.